The molecule has 0 fully saturated rings. The maximum atomic E-state index is 12.5. The molecule has 29 heavy (non-hydrogen) atoms. The highest BCUT2D eigenvalue weighted by Crippen LogP contribution is 2.25. The maximum absolute atomic E-state index is 12.5. The Morgan fingerprint density at radius 1 is 0.931 bits per heavy atom. The van der Waals surface area contributed by atoms with E-state index in [-0.39, 0.29) is 35.5 Å². The summed E-state index contributed by atoms with van der Waals surface area (Å²) in [6.07, 6.45) is 0. The normalized spacial score (nSPS) is 11.2. The molecule has 0 spiro atoms. The third-order valence-corrected chi connectivity index (χ3v) is 5.32. The second-order valence-corrected chi connectivity index (χ2v) is 7.96. The highest BCUT2D eigenvalue weighted by atomic mass is 32.2. The Balaban J connectivity index is 2.00. The summed E-state index contributed by atoms with van der Waals surface area (Å²) in [4.78, 5) is 23.9. The summed E-state index contributed by atoms with van der Waals surface area (Å²) in [5.74, 6) is -1.17. The standard InChI is InChI=1S/C20H23NO7S/c1-14(2)21-29(24,25)18-13-16(9-10-17(18)26-3)20(23)28-12-11-27-19(22)15-7-5-4-6-8-15/h4-10,13-14,21H,11-12H2,1-3H3. The molecule has 0 radical (unpaired) electrons. The van der Waals surface area contributed by atoms with E-state index in [1.807, 2.05) is 0 Å². The Morgan fingerprint density at radius 3 is 2.07 bits per heavy atom. The van der Waals surface area contributed by atoms with E-state index in [9.17, 15) is 18.0 Å². The molecule has 0 unspecified atom stereocenters. The molecule has 0 aliphatic carbocycles. The third-order valence-electron chi connectivity index (χ3n) is 3.64. The highest BCUT2D eigenvalue weighted by molar-refractivity contribution is 7.89. The fourth-order valence-corrected chi connectivity index (χ4v) is 3.84. The van der Waals surface area contributed by atoms with Crippen molar-refractivity contribution in [3.05, 3.63) is 59.7 Å². The van der Waals surface area contributed by atoms with Gasteiger partial charge >= 0.3 is 11.9 Å². The van der Waals surface area contributed by atoms with Crippen LogP contribution in [0.3, 0.4) is 0 Å². The largest absolute Gasteiger partial charge is 0.495 e. The number of nitrogens with one attached hydrogen (secondary N) is 1. The Hall–Kier alpha value is -2.91. The minimum absolute atomic E-state index is 0.0318. The molecule has 0 saturated heterocycles. The van der Waals surface area contributed by atoms with E-state index >= 15 is 0 Å². The van der Waals surface area contributed by atoms with Crippen molar-refractivity contribution in [1.82, 2.24) is 4.72 Å². The number of benzene rings is 2. The SMILES string of the molecule is COc1ccc(C(=O)OCCOC(=O)c2ccccc2)cc1S(=O)(=O)NC(C)C. The molecule has 1 N–H and O–H groups in total. The van der Waals surface area contributed by atoms with Gasteiger partial charge in [-0.25, -0.2) is 22.7 Å². The molecule has 2 aromatic carbocycles. The summed E-state index contributed by atoms with van der Waals surface area (Å²) in [6, 6.07) is 12.0. The Morgan fingerprint density at radius 2 is 1.52 bits per heavy atom. The number of rotatable bonds is 9. The number of carbonyl (C=O) groups is 2. The lowest BCUT2D eigenvalue weighted by atomic mass is 10.2. The van der Waals surface area contributed by atoms with Crippen LogP contribution >= 0.6 is 0 Å². The van der Waals surface area contributed by atoms with E-state index in [1.54, 1.807) is 44.2 Å². The van der Waals surface area contributed by atoms with Crippen molar-refractivity contribution in [2.24, 2.45) is 0 Å². The Bertz CT molecular complexity index is 956. The summed E-state index contributed by atoms with van der Waals surface area (Å²) in [6.45, 7) is 3.06. The first-order valence-electron chi connectivity index (χ1n) is 8.84. The molecule has 2 rings (SSSR count). The summed E-state index contributed by atoms with van der Waals surface area (Å²) in [5.41, 5.74) is 0.422. The quantitative estimate of drug-likeness (QED) is 0.489. The molecule has 0 bridgehead atoms. The van der Waals surface area contributed by atoms with Gasteiger partial charge in [0.1, 0.15) is 23.9 Å². The van der Waals surface area contributed by atoms with Crippen LogP contribution in [0, 0.1) is 0 Å². The van der Waals surface area contributed by atoms with Crippen LogP contribution in [0.25, 0.3) is 0 Å². The van der Waals surface area contributed by atoms with Gasteiger partial charge in [-0.05, 0) is 44.2 Å². The van der Waals surface area contributed by atoms with Crippen molar-refractivity contribution >= 4 is 22.0 Å². The molecule has 2 aromatic rings. The monoisotopic (exact) mass is 421 g/mol. The topological polar surface area (TPSA) is 108 Å². The van der Waals surface area contributed by atoms with Gasteiger partial charge in [-0.1, -0.05) is 18.2 Å². The summed E-state index contributed by atoms with van der Waals surface area (Å²) in [7, 11) is -2.54. The minimum atomic E-state index is -3.88. The lowest BCUT2D eigenvalue weighted by Crippen LogP contribution is -2.30. The first-order chi connectivity index (χ1) is 13.7. The summed E-state index contributed by atoms with van der Waals surface area (Å²) >= 11 is 0. The smallest absolute Gasteiger partial charge is 0.338 e. The van der Waals surface area contributed by atoms with Crippen LogP contribution in [0.15, 0.2) is 53.4 Å². The van der Waals surface area contributed by atoms with E-state index < -0.39 is 22.0 Å². The van der Waals surface area contributed by atoms with Crippen LogP contribution in [0.5, 0.6) is 5.75 Å². The van der Waals surface area contributed by atoms with E-state index in [4.69, 9.17) is 14.2 Å². The fourth-order valence-electron chi connectivity index (χ4n) is 2.40. The lowest BCUT2D eigenvalue weighted by Gasteiger charge is -2.14. The van der Waals surface area contributed by atoms with Gasteiger partial charge in [-0.15, -0.1) is 0 Å². The predicted octanol–water partition coefficient (Wildman–Crippen LogP) is 2.40. The van der Waals surface area contributed by atoms with Crippen molar-refractivity contribution in [2.75, 3.05) is 20.3 Å². The molecule has 156 valence electrons. The van der Waals surface area contributed by atoms with Crippen LogP contribution in [0.1, 0.15) is 34.6 Å². The molecule has 0 amide bonds. The summed E-state index contributed by atoms with van der Waals surface area (Å²) in [5, 5.41) is 0. The average Bonchev–Trinajstić information content (AvgIpc) is 2.70. The van der Waals surface area contributed by atoms with Crippen LogP contribution in [0.4, 0.5) is 0 Å². The molecule has 8 nitrogen and oxygen atoms in total. The minimum Gasteiger partial charge on any atom is -0.495 e. The van der Waals surface area contributed by atoms with Crippen LogP contribution in [0.2, 0.25) is 0 Å². The van der Waals surface area contributed by atoms with E-state index in [1.165, 1.54) is 25.3 Å². The van der Waals surface area contributed by atoms with Gasteiger partial charge < -0.3 is 14.2 Å². The third kappa shape index (κ3) is 6.30. The first-order valence-corrected chi connectivity index (χ1v) is 10.3. The second kappa shape index (κ2) is 10.0. The van der Waals surface area contributed by atoms with Gasteiger partial charge in [0.25, 0.3) is 0 Å². The van der Waals surface area contributed by atoms with Crippen LogP contribution in [-0.2, 0) is 19.5 Å². The van der Waals surface area contributed by atoms with Crippen LogP contribution in [-0.4, -0.2) is 46.7 Å². The van der Waals surface area contributed by atoms with Gasteiger partial charge in [0.2, 0.25) is 10.0 Å². The Kier molecular flexibility index (Phi) is 7.74. The predicted molar refractivity (Wildman–Crippen MR) is 105 cm³/mol. The number of esters is 2. The van der Waals surface area contributed by atoms with Gasteiger partial charge in [-0.3, -0.25) is 0 Å². The average molecular weight is 421 g/mol. The van der Waals surface area contributed by atoms with Crippen molar-refractivity contribution < 1.29 is 32.2 Å². The fraction of sp³-hybridized carbons (Fsp3) is 0.300. The molecule has 0 aliphatic rings. The molecule has 9 heteroatoms. The number of carbonyl (C=O) groups excluding carboxylic acids is 2. The molecule has 0 saturated carbocycles. The number of ether oxygens (including phenoxy) is 3. The van der Waals surface area contributed by atoms with Crippen molar-refractivity contribution in [3.8, 4) is 5.75 Å². The van der Waals surface area contributed by atoms with Gasteiger partial charge in [-0.2, -0.15) is 0 Å². The molecular weight excluding hydrogens is 398 g/mol. The molecule has 0 atom stereocenters. The van der Waals surface area contributed by atoms with E-state index in [0.29, 0.717) is 5.56 Å². The van der Waals surface area contributed by atoms with Gasteiger partial charge in [0.05, 0.1) is 18.2 Å². The lowest BCUT2D eigenvalue weighted by molar-refractivity contribution is 0.0265. The van der Waals surface area contributed by atoms with E-state index in [2.05, 4.69) is 4.72 Å². The van der Waals surface area contributed by atoms with Gasteiger partial charge in [0.15, 0.2) is 0 Å². The molecular formula is C20H23NO7S. The zero-order valence-corrected chi connectivity index (χ0v) is 17.2. The van der Waals surface area contributed by atoms with E-state index in [0.717, 1.165) is 0 Å². The number of methoxy groups -OCH3 is 1. The zero-order chi connectivity index (χ0) is 21.4. The first kappa shape index (κ1) is 22.4. The highest BCUT2D eigenvalue weighted by Gasteiger charge is 2.23. The molecule has 0 heterocycles. The number of hydrogen-bond acceptors (Lipinski definition) is 7. The molecule has 0 aliphatic heterocycles. The second-order valence-electron chi connectivity index (χ2n) is 6.28. The van der Waals surface area contributed by atoms with Crippen molar-refractivity contribution in [3.63, 3.8) is 0 Å². The van der Waals surface area contributed by atoms with Crippen molar-refractivity contribution in [1.29, 1.82) is 0 Å². The number of sulfonamides is 1. The van der Waals surface area contributed by atoms with Crippen LogP contribution < -0.4 is 9.46 Å². The van der Waals surface area contributed by atoms with Gasteiger partial charge in [0, 0.05) is 6.04 Å². The maximum Gasteiger partial charge on any atom is 0.338 e. The summed E-state index contributed by atoms with van der Waals surface area (Å²) < 4.78 is 42.6. The van der Waals surface area contributed by atoms with Crippen molar-refractivity contribution in [2.45, 2.75) is 24.8 Å². The zero-order valence-electron chi connectivity index (χ0n) is 16.4. The Labute approximate surface area is 169 Å². The number of hydrogen-bond donors (Lipinski definition) is 1. The molecule has 0 aromatic heterocycles.